The molecular formula is C34H28ClN3O4S. The Morgan fingerprint density at radius 1 is 0.837 bits per heavy atom. The van der Waals surface area contributed by atoms with Crippen molar-refractivity contribution in [3.8, 4) is 0 Å². The lowest BCUT2D eigenvalue weighted by Crippen LogP contribution is -2.33. The SMILES string of the molecule is CN(c1ccc(N2C(=O)CC(=O)Nc3c2ccc2ccccc32)cc1)S(=O)(=O)C(Cc1ccccc1Cl)c1ccccc1. The molecule has 0 bridgehead atoms. The van der Waals surface area contributed by atoms with Gasteiger partial charge in [0.1, 0.15) is 11.7 Å². The van der Waals surface area contributed by atoms with Crippen LogP contribution in [-0.2, 0) is 26.0 Å². The Balaban J connectivity index is 1.36. The van der Waals surface area contributed by atoms with Crippen LogP contribution in [0.3, 0.4) is 0 Å². The monoisotopic (exact) mass is 609 g/mol. The van der Waals surface area contributed by atoms with Gasteiger partial charge in [-0.2, -0.15) is 0 Å². The van der Waals surface area contributed by atoms with Gasteiger partial charge in [-0.3, -0.25) is 18.8 Å². The van der Waals surface area contributed by atoms with Gasteiger partial charge in [0, 0.05) is 23.1 Å². The lowest BCUT2D eigenvalue weighted by molar-refractivity contribution is -0.124. The van der Waals surface area contributed by atoms with E-state index in [9.17, 15) is 18.0 Å². The summed E-state index contributed by atoms with van der Waals surface area (Å²) in [5.41, 5.74) is 3.44. The summed E-state index contributed by atoms with van der Waals surface area (Å²) in [6.45, 7) is 0. The van der Waals surface area contributed by atoms with E-state index in [-0.39, 0.29) is 18.7 Å². The van der Waals surface area contributed by atoms with Crippen LogP contribution < -0.4 is 14.5 Å². The molecule has 0 spiro atoms. The maximum Gasteiger partial charge on any atom is 0.242 e. The molecule has 1 unspecified atom stereocenters. The van der Waals surface area contributed by atoms with Crippen LogP contribution in [-0.4, -0.2) is 27.3 Å². The van der Waals surface area contributed by atoms with Gasteiger partial charge < -0.3 is 5.32 Å². The number of nitrogens with one attached hydrogen (secondary N) is 1. The van der Waals surface area contributed by atoms with Crippen molar-refractivity contribution in [1.29, 1.82) is 0 Å². The van der Waals surface area contributed by atoms with Crippen molar-refractivity contribution in [3.63, 3.8) is 0 Å². The highest BCUT2D eigenvalue weighted by molar-refractivity contribution is 7.93. The number of halogens is 1. The first-order valence-electron chi connectivity index (χ1n) is 13.7. The number of carbonyl (C=O) groups is 2. The number of nitrogens with zero attached hydrogens (tertiary/aromatic N) is 2. The van der Waals surface area contributed by atoms with E-state index >= 15 is 0 Å². The van der Waals surface area contributed by atoms with Gasteiger partial charge in [-0.05, 0) is 59.3 Å². The number of hydrogen-bond donors (Lipinski definition) is 1. The number of benzene rings is 5. The predicted molar refractivity (Wildman–Crippen MR) is 172 cm³/mol. The minimum atomic E-state index is -3.92. The number of rotatable bonds is 7. The molecule has 1 N–H and O–H groups in total. The van der Waals surface area contributed by atoms with E-state index in [1.165, 1.54) is 16.3 Å². The van der Waals surface area contributed by atoms with Crippen LogP contribution in [0.15, 0.2) is 115 Å². The van der Waals surface area contributed by atoms with Crippen molar-refractivity contribution in [2.75, 3.05) is 21.6 Å². The number of anilines is 4. The van der Waals surface area contributed by atoms with Crippen LogP contribution in [0.1, 0.15) is 22.8 Å². The van der Waals surface area contributed by atoms with Crippen LogP contribution in [0.25, 0.3) is 10.8 Å². The number of amides is 2. The topological polar surface area (TPSA) is 86.8 Å². The average Bonchev–Trinajstić information content (AvgIpc) is 3.15. The Bertz CT molecular complexity index is 1950. The number of fused-ring (bicyclic) bond motifs is 3. The normalized spacial score (nSPS) is 14.1. The second kappa shape index (κ2) is 11.6. The van der Waals surface area contributed by atoms with Gasteiger partial charge in [-0.25, -0.2) is 8.42 Å². The Morgan fingerprint density at radius 3 is 2.26 bits per heavy atom. The van der Waals surface area contributed by atoms with Crippen molar-refractivity contribution in [2.24, 2.45) is 0 Å². The first-order valence-corrected chi connectivity index (χ1v) is 15.6. The molecule has 7 nitrogen and oxygen atoms in total. The summed E-state index contributed by atoms with van der Waals surface area (Å²) in [5.74, 6) is -0.776. The fourth-order valence-corrected chi connectivity index (χ4v) is 7.37. The highest BCUT2D eigenvalue weighted by Crippen LogP contribution is 2.41. The van der Waals surface area contributed by atoms with E-state index < -0.39 is 21.2 Å². The van der Waals surface area contributed by atoms with Gasteiger partial charge >= 0.3 is 0 Å². The molecule has 0 aromatic heterocycles. The summed E-state index contributed by atoms with van der Waals surface area (Å²) in [6, 6.07) is 34.4. The Hall–Kier alpha value is -4.66. The Labute approximate surface area is 255 Å². The van der Waals surface area contributed by atoms with Crippen LogP contribution in [0, 0.1) is 0 Å². The standard InChI is InChI=1S/C34H28ClN3O4S/c1-37(43(41,42)31(24-10-3-2-4-11-24)21-25-12-6-8-14-29(25)35)26-16-18-27(19-17-26)38-30-20-15-23-9-5-7-13-28(23)34(30)36-32(39)22-33(38)40/h2-20,31H,21-22H2,1H3,(H,36,39). The van der Waals surface area contributed by atoms with Crippen LogP contribution >= 0.6 is 11.6 Å². The van der Waals surface area contributed by atoms with Gasteiger partial charge in [-0.15, -0.1) is 0 Å². The molecule has 0 aliphatic carbocycles. The van der Waals surface area contributed by atoms with Crippen molar-refractivity contribution in [1.82, 2.24) is 0 Å². The van der Waals surface area contributed by atoms with E-state index in [0.717, 1.165) is 16.3 Å². The third-order valence-electron chi connectivity index (χ3n) is 7.72. The van der Waals surface area contributed by atoms with E-state index in [0.29, 0.717) is 33.3 Å². The first-order chi connectivity index (χ1) is 20.7. The lowest BCUT2D eigenvalue weighted by atomic mass is 10.0. The lowest BCUT2D eigenvalue weighted by Gasteiger charge is -2.28. The second-order valence-corrected chi connectivity index (χ2v) is 12.9. The molecule has 0 saturated carbocycles. The minimum Gasteiger partial charge on any atom is -0.323 e. The number of hydrogen-bond acceptors (Lipinski definition) is 4. The third kappa shape index (κ3) is 5.47. The van der Waals surface area contributed by atoms with E-state index in [1.807, 2.05) is 72.8 Å². The third-order valence-corrected chi connectivity index (χ3v) is 10.2. The van der Waals surface area contributed by atoms with Gasteiger partial charge in [0.15, 0.2) is 0 Å². The van der Waals surface area contributed by atoms with Crippen LogP contribution in [0.4, 0.5) is 22.7 Å². The quantitative estimate of drug-likeness (QED) is 0.197. The first kappa shape index (κ1) is 28.5. The van der Waals surface area contributed by atoms with Gasteiger partial charge in [-0.1, -0.05) is 90.5 Å². The van der Waals surface area contributed by atoms with E-state index in [1.54, 1.807) is 42.5 Å². The molecule has 1 atom stereocenters. The fraction of sp³-hybridized carbons (Fsp3) is 0.118. The van der Waals surface area contributed by atoms with Crippen molar-refractivity contribution in [2.45, 2.75) is 18.1 Å². The summed E-state index contributed by atoms with van der Waals surface area (Å²) >= 11 is 6.43. The average molecular weight is 610 g/mol. The Morgan fingerprint density at radius 2 is 1.51 bits per heavy atom. The number of sulfonamides is 1. The van der Waals surface area contributed by atoms with Gasteiger partial charge in [0.2, 0.25) is 21.8 Å². The smallest absolute Gasteiger partial charge is 0.242 e. The minimum absolute atomic E-state index is 0.197. The van der Waals surface area contributed by atoms with Crippen LogP contribution in [0.2, 0.25) is 5.02 Å². The molecule has 216 valence electrons. The maximum absolute atomic E-state index is 14.1. The molecule has 6 rings (SSSR count). The van der Waals surface area contributed by atoms with Crippen LogP contribution in [0.5, 0.6) is 0 Å². The summed E-state index contributed by atoms with van der Waals surface area (Å²) in [6.07, 6.45) is -0.123. The van der Waals surface area contributed by atoms with Gasteiger partial charge in [0.05, 0.1) is 17.1 Å². The molecule has 9 heteroatoms. The largest absolute Gasteiger partial charge is 0.323 e. The summed E-state index contributed by atoms with van der Waals surface area (Å²) < 4.78 is 29.5. The maximum atomic E-state index is 14.1. The molecule has 5 aromatic rings. The molecule has 43 heavy (non-hydrogen) atoms. The molecule has 0 fully saturated rings. The zero-order valence-corrected chi connectivity index (χ0v) is 24.8. The van der Waals surface area contributed by atoms with Crippen molar-refractivity contribution < 1.29 is 18.0 Å². The van der Waals surface area contributed by atoms with Gasteiger partial charge in [0.25, 0.3) is 0 Å². The summed E-state index contributed by atoms with van der Waals surface area (Å²) in [4.78, 5) is 27.4. The van der Waals surface area contributed by atoms with Crippen molar-refractivity contribution >= 4 is 67.0 Å². The Kier molecular flexibility index (Phi) is 7.64. The highest BCUT2D eigenvalue weighted by Gasteiger charge is 2.33. The number of carbonyl (C=O) groups excluding carboxylic acids is 2. The zero-order valence-electron chi connectivity index (χ0n) is 23.3. The summed E-state index contributed by atoms with van der Waals surface area (Å²) in [7, 11) is -2.40. The van der Waals surface area contributed by atoms with Crippen molar-refractivity contribution in [3.05, 3.63) is 131 Å². The molecule has 1 heterocycles. The predicted octanol–water partition coefficient (Wildman–Crippen LogP) is 7.25. The highest BCUT2D eigenvalue weighted by atomic mass is 35.5. The molecule has 0 radical (unpaired) electrons. The molecule has 2 amide bonds. The molecule has 0 saturated heterocycles. The molecule has 5 aromatic carbocycles. The second-order valence-electron chi connectivity index (χ2n) is 10.4. The van der Waals surface area contributed by atoms with E-state index in [4.69, 9.17) is 11.6 Å². The zero-order chi connectivity index (χ0) is 30.1. The van der Waals surface area contributed by atoms with E-state index in [2.05, 4.69) is 5.32 Å². The molecule has 1 aliphatic rings. The molecule has 1 aliphatic heterocycles. The molecular weight excluding hydrogens is 582 g/mol. The fourth-order valence-electron chi connectivity index (χ4n) is 5.47. The summed E-state index contributed by atoms with van der Waals surface area (Å²) in [5, 5.41) is 4.27.